The highest BCUT2D eigenvalue weighted by molar-refractivity contribution is 7.98. The first-order valence-electron chi connectivity index (χ1n) is 2.88. The molecule has 0 aliphatic carbocycles. The van der Waals surface area contributed by atoms with Crippen LogP contribution in [0.15, 0.2) is 4.99 Å². The first kappa shape index (κ1) is 10.0. The third kappa shape index (κ3) is 6.91. The fourth-order valence-electron chi connectivity index (χ4n) is 0.391. The number of hydrogen-bond acceptors (Lipinski definition) is 3. The first-order chi connectivity index (χ1) is 5.16. The molecule has 0 rings (SSSR count). The largest absolute Gasteiger partial charge is 0.365 e. The molecule has 11 heavy (non-hydrogen) atoms. The van der Waals surface area contributed by atoms with E-state index >= 15 is 0 Å². The van der Waals surface area contributed by atoms with Crippen LogP contribution in [0.5, 0.6) is 0 Å². The SMILES string of the molecule is CSCCN=C(N)N[N+](=O)O. The summed E-state index contributed by atoms with van der Waals surface area (Å²) in [6, 6.07) is 0. The van der Waals surface area contributed by atoms with Gasteiger partial charge in [-0.1, -0.05) is 0 Å². The molecule has 0 spiro atoms. The van der Waals surface area contributed by atoms with Gasteiger partial charge in [-0.25, -0.2) is 10.2 Å². The number of hydrazine groups is 1. The van der Waals surface area contributed by atoms with Crippen LogP contribution < -0.4 is 11.2 Å². The second kappa shape index (κ2) is 5.78. The summed E-state index contributed by atoms with van der Waals surface area (Å²) in [5, 5.41) is 7.59. The molecule has 0 aromatic carbocycles. The molecule has 0 bridgehead atoms. The quantitative estimate of drug-likeness (QED) is 0.230. The summed E-state index contributed by atoms with van der Waals surface area (Å²) < 4.78 is 0. The van der Waals surface area contributed by atoms with Gasteiger partial charge in [-0.15, -0.1) is 0 Å². The second-order valence-electron chi connectivity index (χ2n) is 1.64. The average Bonchev–Trinajstić information content (AvgIpc) is 1.86. The maximum Gasteiger partial charge on any atom is 0.362 e. The van der Waals surface area contributed by atoms with E-state index in [0.29, 0.717) is 6.54 Å². The zero-order chi connectivity index (χ0) is 8.69. The van der Waals surface area contributed by atoms with E-state index in [0.717, 1.165) is 5.75 Å². The van der Waals surface area contributed by atoms with Crippen molar-refractivity contribution in [3.63, 3.8) is 0 Å². The zero-order valence-corrected chi connectivity index (χ0v) is 6.97. The number of nitrogens with one attached hydrogen (secondary N) is 1. The van der Waals surface area contributed by atoms with Gasteiger partial charge in [-0.2, -0.15) is 11.8 Å². The molecule has 0 unspecified atom stereocenters. The zero-order valence-electron chi connectivity index (χ0n) is 6.15. The van der Waals surface area contributed by atoms with E-state index in [9.17, 15) is 4.91 Å². The second-order valence-corrected chi connectivity index (χ2v) is 2.63. The van der Waals surface area contributed by atoms with Crippen molar-refractivity contribution in [1.82, 2.24) is 5.43 Å². The fourth-order valence-corrected chi connectivity index (χ4v) is 0.665. The molecule has 0 saturated heterocycles. The van der Waals surface area contributed by atoms with Crippen molar-refractivity contribution in [2.45, 2.75) is 0 Å². The molecule has 7 heteroatoms. The van der Waals surface area contributed by atoms with Crippen LogP contribution in [-0.4, -0.2) is 34.8 Å². The van der Waals surface area contributed by atoms with E-state index in [2.05, 4.69) is 4.99 Å². The summed E-state index contributed by atoms with van der Waals surface area (Å²) >= 11 is 1.62. The Morgan fingerprint density at radius 3 is 3.00 bits per heavy atom. The van der Waals surface area contributed by atoms with Crippen LogP contribution in [0.2, 0.25) is 0 Å². The summed E-state index contributed by atoms with van der Waals surface area (Å²) in [6.45, 7) is 0.522. The third-order valence-corrected chi connectivity index (χ3v) is 1.38. The average molecular weight is 179 g/mol. The Labute approximate surface area is 68.4 Å². The normalized spacial score (nSPS) is 11.2. The van der Waals surface area contributed by atoms with Crippen LogP contribution in [0.25, 0.3) is 0 Å². The lowest BCUT2D eigenvalue weighted by Gasteiger charge is -1.91. The van der Waals surface area contributed by atoms with E-state index in [1.807, 2.05) is 11.7 Å². The van der Waals surface area contributed by atoms with Crippen molar-refractivity contribution < 1.29 is 10.2 Å². The maximum absolute atomic E-state index is 9.88. The van der Waals surface area contributed by atoms with Gasteiger partial charge in [0.1, 0.15) is 4.91 Å². The molecular formula is C4H11N4O2S+. The Hall–Kier alpha value is -0.980. The molecule has 64 valence electrons. The highest BCUT2D eigenvalue weighted by Crippen LogP contribution is 1.88. The molecule has 0 atom stereocenters. The number of nitrogens with two attached hydrogens (primary N) is 1. The topological polar surface area (TPSA) is 90.7 Å². The predicted octanol–water partition coefficient (Wildman–Crippen LogP) is -0.663. The van der Waals surface area contributed by atoms with Crippen LogP contribution in [0.3, 0.4) is 0 Å². The molecular weight excluding hydrogens is 168 g/mol. The summed E-state index contributed by atoms with van der Waals surface area (Å²) in [5.74, 6) is 0.740. The standard InChI is InChI=1S/C4H11N4O2S/c1-11-3-2-6-4(5)7-8(9)10/h2-3H2,1H3,(H,9,10)(H3,5,6,7)/q+1. The Morgan fingerprint density at radius 2 is 2.55 bits per heavy atom. The summed E-state index contributed by atoms with van der Waals surface area (Å²) in [5.41, 5.74) is 7.00. The van der Waals surface area contributed by atoms with Gasteiger partial charge in [0.2, 0.25) is 0 Å². The van der Waals surface area contributed by atoms with E-state index in [-0.39, 0.29) is 5.96 Å². The van der Waals surface area contributed by atoms with Crippen molar-refractivity contribution >= 4 is 17.7 Å². The van der Waals surface area contributed by atoms with Crippen LogP contribution in [-0.2, 0) is 0 Å². The highest BCUT2D eigenvalue weighted by atomic mass is 32.2. The van der Waals surface area contributed by atoms with Gasteiger partial charge in [-0.3, -0.25) is 0 Å². The van der Waals surface area contributed by atoms with E-state index in [1.165, 1.54) is 0 Å². The number of rotatable bonds is 4. The smallest absolute Gasteiger partial charge is 0.362 e. The third-order valence-electron chi connectivity index (χ3n) is 0.788. The van der Waals surface area contributed by atoms with Crippen molar-refractivity contribution in [3.8, 4) is 0 Å². The number of aliphatic imine (C=N–C) groups is 1. The summed E-state index contributed by atoms with van der Waals surface area (Å²) in [7, 11) is 0. The monoisotopic (exact) mass is 179 g/mol. The lowest BCUT2D eigenvalue weighted by molar-refractivity contribution is -0.822. The van der Waals surface area contributed by atoms with Gasteiger partial charge in [0.05, 0.1) is 6.54 Å². The fraction of sp³-hybridized carbons (Fsp3) is 0.750. The number of thioether (sulfide) groups is 1. The molecule has 0 aliphatic rings. The Morgan fingerprint density at radius 1 is 1.91 bits per heavy atom. The van der Waals surface area contributed by atoms with Gasteiger partial charge >= 0.3 is 5.03 Å². The summed E-state index contributed by atoms with van der Waals surface area (Å²) in [4.78, 5) is 13.6. The van der Waals surface area contributed by atoms with Gasteiger partial charge < -0.3 is 5.73 Å². The van der Waals surface area contributed by atoms with E-state index in [4.69, 9.17) is 10.9 Å². The molecule has 0 aliphatic heterocycles. The van der Waals surface area contributed by atoms with Gasteiger partial charge in [0.25, 0.3) is 5.96 Å². The molecule has 0 heterocycles. The van der Waals surface area contributed by atoms with Crippen molar-refractivity contribution in [3.05, 3.63) is 4.91 Å². The molecule has 0 aromatic heterocycles. The molecule has 0 fully saturated rings. The van der Waals surface area contributed by atoms with Gasteiger partial charge in [0, 0.05) is 5.75 Å². The first-order valence-corrected chi connectivity index (χ1v) is 4.28. The summed E-state index contributed by atoms with van der Waals surface area (Å²) in [6.07, 6.45) is 1.94. The molecule has 0 aromatic rings. The van der Waals surface area contributed by atoms with Crippen LogP contribution >= 0.6 is 11.8 Å². The number of guanidine groups is 1. The minimum absolute atomic E-state index is 0.0865. The lowest BCUT2D eigenvalue weighted by Crippen LogP contribution is -2.37. The molecule has 6 nitrogen and oxygen atoms in total. The Balaban J connectivity index is 3.54. The number of hydrogen-bond donors (Lipinski definition) is 3. The molecule has 0 radical (unpaired) electrons. The van der Waals surface area contributed by atoms with Crippen molar-refractivity contribution in [2.24, 2.45) is 10.7 Å². The van der Waals surface area contributed by atoms with Crippen molar-refractivity contribution in [1.29, 1.82) is 0 Å². The molecule has 4 N–H and O–H groups in total. The molecule has 0 saturated carbocycles. The van der Waals surface area contributed by atoms with E-state index < -0.39 is 5.03 Å². The Bertz CT molecular complexity index is 160. The maximum atomic E-state index is 9.88. The van der Waals surface area contributed by atoms with Crippen LogP contribution in [0.1, 0.15) is 0 Å². The highest BCUT2D eigenvalue weighted by Gasteiger charge is 2.02. The van der Waals surface area contributed by atoms with Crippen LogP contribution in [0.4, 0.5) is 0 Å². The lowest BCUT2D eigenvalue weighted by atomic mass is 10.8. The molecule has 0 amide bonds. The number of nitrogens with zero attached hydrogens (tertiary/aromatic N) is 2. The van der Waals surface area contributed by atoms with Gasteiger partial charge in [0.15, 0.2) is 0 Å². The minimum Gasteiger partial charge on any atom is -0.365 e. The van der Waals surface area contributed by atoms with E-state index in [1.54, 1.807) is 11.8 Å². The minimum atomic E-state index is -0.488. The van der Waals surface area contributed by atoms with Gasteiger partial charge in [-0.05, 0) is 11.7 Å². The van der Waals surface area contributed by atoms with Crippen LogP contribution in [0, 0.1) is 4.91 Å². The predicted molar refractivity (Wildman–Crippen MR) is 43.4 cm³/mol. The van der Waals surface area contributed by atoms with Crippen molar-refractivity contribution in [2.75, 3.05) is 18.6 Å². The Kier molecular flexibility index (Phi) is 5.26.